The van der Waals surface area contributed by atoms with Gasteiger partial charge in [0.1, 0.15) is 0 Å². The molecule has 0 unspecified atom stereocenters. The van der Waals surface area contributed by atoms with Crippen molar-refractivity contribution in [1.82, 2.24) is 9.80 Å². The number of likely N-dealkylation sites (N-methyl/N-ethyl adjacent to an activating group) is 1. The van der Waals surface area contributed by atoms with Crippen molar-refractivity contribution in [3.63, 3.8) is 0 Å². The molecule has 1 aliphatic heterocycles. The largest absolute Gasteiger partial charge is 0.339 e. The van der Waals surface area contributed by atoms with Crippen LogP contribution in [-0.4, -0.2) is 60.0 Å². The molecule has 3 amide bonds. The van der Waals surface area contributed by atoms with E-state index in [1.54, 1.807) is 18.8 Å². The number of nitrogens with one attached hydrogen (secondary N) is 1. The Morgan fingerprint density at radius 3 is 2.70 bits per heavy atom. The van der Waals surface area contributed by atoms with Gasteiger partial charge in [-0.25, -0.2) is 0 Å². The van der Waals surface area contributed by atoms with E-state index in [9.17, 15) is 14.4 Å². The normalized spacial score (nSPS) is 26.5. The van der Waals surface area contributed by atoms with Crippen molar-refractivity contribution in [2.75, 3.05) is 31.7 Å². The second kappa shape index (κ2) is 9.86. The number of amides is 3. The number of carbonyl (C=O) groups excluding carboxylic acids is 3. The van der Waals surface area contributed by atoms with Crippen LogP contribution in [0.5, 0.6) is 0 Å². The molecule has 1 heterocycles. The van der Waals surface area contributed by atoms with E-state index >= 15 is 0 Å². The van der Waals surface area contributed by atoms with Crippen molar-refractivity contribution in [1.29, 1.82) is 0 Å². The van der Waals surface area contributed by atoms with E-state index in [0.29, 0.717) is 18.4 Å². The van der Waals surface area contributed by atoms with E-state index in [0.717, 1.165) is 23.4 Å². The van der Waals surface area contributed by atoms with Gasteiger partial charge < -0.3 is 15.1 Å². The van der Waals surface area contributed by atoms with Crippen molar-refractivity contribution in [3.8, 4) is 0 Å². The molecule has 6 nitrogen and oxygen atoms in total. The third-order valence-corrected chi connectivity index (χ3v) is 7.51. The number of benzene rings is 1. The smallest absolute Gasteiger partial charge is 0.244 e. The van der Waals surface area contributed by atoms with Crippen LogP contribution in [0.3, 0.4) is 0 Å². The van der Waals surface area contributed by atoms with Gasteiger partial charge in [0.25, 0.3) is 0 Å². The molecule has 1 aliphatic carbocycles. The third-order valence-electron chi connectivity index (χ3n) is 6.71. The summed E-state index contributed by atoms with van der Waals surface area (Å²) < 4.78 is 0. The molecule has 1 saturated heterocycles. The van der Waals surface area contributed by atoms with Gasteiger partial charge in [0.2, 0.25) is 17.7 Å². The molecule has 1 N–H and O–H groups in total. The first kappa shape index (κ1) is 22.7. The molecule has 0 radical (unpaired) electrons. The molecule has 164 valence electrons. The summed E-state index contributed by atoms with van der Waals surface area (Å²) in [4.78, 5) is 42.4. The van der Waals surface area contributed by atoms with Crippen LogP contribution in [0.4, 0.5) is 5.69 Å². The highest BCUT2D eigenvalue weighted by Crippen LogP contribution is 2.36. The second-order valence-electron chi connectivity index (χ2n) is 8.72. The lowest BCUT2D eigenvalue weighted by Gasteiger charge is -2.40. The topological polar surface area (TPSA) is 69.7 Å². The van der Waals surface area contributed by atoms with Gasteiger partial charge in [0.15, 0.2) is 0 Å². The van der Waals surface area contributed by atoms with Crippen molar-refractivity contribution < 1.29 is 14.4 Å². The van der Waals surface area contributed by atoms with E-state index in [1.807, 2.05) is 35.4 Å². The lowest BCUT2D eigenvalue weighted by molar-refractivity contribution is -0.137. The quantitative estimate of drug-likeness (QED) is 0.700. The summed E-state index contributed by atoms with van der Waals surface area (Å²) in [5.74, 6) is 0.404. The maximum atomic E-state index is 12.9. The van der Waals surface area contributed by atoms with Gasteiger partial charge in [-0.1, -0.05) is 38.8 Å². The minimum absolute atomic E-state index is 0.0247. The number of rotatable bonds is 6. The Balaban J connectivity index is 1.57. The van der Waals surface area contributed by atoms with E-state index < -0.39 is 0 Å². The first-order valence-electron chi connectivity index (χ1n) is 10.8. The lowest BCUT2D eigenvalue weighted by Crippen LogP contribution is -2.45. The number of hydrogen-bond acceptors (Lipinski definition) is 4. The van der Waals surface area contributed by atoms with Gasteiger partial charge in [-0.3, -0.25) is 14.4 Å². The van der Waals surface area contributed by atoms with Crippen molar-refractivity contribution >= 4 is 35.2 Å². The first-order valence-corrected chi connectivity index (χ1v) is 12.0. The van der Waals surface area contributed by atoms with Gasteiger partial charge in [-0.05, 0) is 36.6 Å². The van der Waals surface area contributed by atoms with Crippen LogP contribution in [0.2, 0.25) is 0 Å². The molecular formula is C23H33N3O3S. The Hall–Kier alpha value is -2.02. The Kier molecular flexibility index (Phi) is 7.45. The summed E-state index contributed by atoms with van der Waals surface area (Å²) >= 11 is 1.56. The van der Waals surface area contributed by atoms with Gasteiger partial charge >= 0.3 is 0 Å². The highest BCUT2D eigenvalue weighted by molar-refractivity contribution is 7.98. The number of hydrogen-bond donors (Lipinski definition) is 1. The maximum absolute atomic E-state index is 12.9. The summed E-state index contributed by atoms with van der Waals surface area (Å²) in [6, 6.07) is 7.83. The average Bonchev–Trinajstić information content (AvgIpc) is 3.11. The summed E-state index contributed by atoms with van der Waals surface area (Å²) in [6.45, 7) is 4.92. The van der Waals surface area contributed by atoms with Crippen LogP contribution in [0.15, 0.2) is 29.2 Å². The zero-order valence-electron chi connectivity index (χ0n) is 18.4. The zero-order chi connectivity index (χ0) is 21.8. The molecule has 1 saturated carbocycles. The Bertz CT molecular complexity index is 800. The fraction of sp³-hybridized carbons (Fsp3) is 0.609. The van der Waals surface area contributed by atoms with Crippen LogP contribution < -0.4 is 5.32 Å². The van der Waals surface area contributed by atoms with E-state index in [2.05, 4.69) is 19.2 Å². The Morgan fingerprint density at radius 1 is 1.23 bits per heavy atom. The highest BCUT2D eigenvalue weighted by atomic mass is 32.2. The van der Waals surface area contributed by atoms with Crippen LogP contribution in [0.25, 0.3) is 0 Å². The number of anilines is 1. The van der Waals surface area contributed by atoms with Crippen molar-refractivity contribution in [3.05, 3.63) is 24.3 Å². The predicted octanol–water partition coefficient (Wildman–Crippen LogP) is 3.48. The van der Waals surface area contributed by atoms with Crippen LogP contribution in [0, 0.1) is 17.8 Å². The van der Waals surface area contributed by atoms with Crippen molar-refractivity contribution in [2.24, 2.45) is 17.8 Å². The molecule has 0 bridgehead atoms. The van der Waals surface area contributed by atoms with E-state index in [4.69, 9.17) is 0 Å². The minimum atomic E-state index is -0.363. The van der Waals surface area contributed by atoms with Gasteiger partial charge in [0.05, 0.1) is 18.2 Å². The van der Waals surface area contributed by atoms with E-state index in [-0.39, 0.29) is 42.6 Å². The number of para-hydroxylation sites is 1. The molecule has 1 aromatic carbocycles. The SMILES string of the molecule is CSc1ccccc1NC(=O)CN(C)C(=O)[C@@H]1CC(=O)N([C@H]2CCC[C@H](C)[C@H]2C)C1. The maximum Gasteiger partial charge on any atom is 0.244 e. The first-order chi connectivity index (χ1) is 14.3. The molecule has 0 spiro atoms. The van der Waals surface area contributed by atoms with E-state index in [1.165, 1.54) is 11.3 Å². The molecule has 7 heteroatoms. The highest BCUT2D eigenvalue weighted by Gasteiger charge is 2.42. The Morgan fingerprint density at radius 2 is 1.97 bits per heavy atom. The lowest BCUT2D eigenvalue weighted by atomic mass is 9.77. The molecule has 2 fully saturated rings. The van der Waals surface area contributed by atoms with Crippen LogP contribution in [0.1, 0.15) is 39.5 Å². The molecule has 1 aromatic rings. The average molecular weight is 432 g/mol. The van der Waals surface area contributed by atoms with Crippen LogP contribution >= 0.6 is 11.8 Å². The molecule has 3 rings (SSSR count). The molecule has 0 aromatic heterocycles. The second-order valence-corrected chi connectivity index (χ2v) is 9.57. The van der Waals surface area contributed by atoms with Crippen molar-refractivity contribution in [2.45, 2.75) is 50.5 Å². The minimum Gasteiger partial charge on any atom is -0.339 e. The summed E-state index contributed by atoms with van der Waals surface area (Å²) in [7, 11) is 1.64. The number of thioether (sulfide) groups is 1. The number of nitrogens with zero attached hydrogens (tertiary/aromatic N) is 2. The van der Waals surface area contributed by atoms with Gasteiger partial charge in [-0.15, -0.1) is 11.8 Å². The summed E-state index contributed by atoms with van der Waals surface area (Å²) in [5.41, 5.74) is 0.749. The summed E-state index contributed by atoms with van der Waals surface area (Å²) in [5, 5.41) is 2.89. The Labute approximate surface area is 183 Å². The fourth-order valence-corrected chi connectivity index (χ4v) is 5.31. The molecule has 30 heavy (non-hydrogen) atoms. The van der Waals surface area contributed by atoms with Gasteiger partial charge in [-0.2, -0.15) is 0 Å². The summed E-state index contributed by atoms with van der Waals surface area (Å²) in [6.07, 6.45) is 5.57. The predicted molar refractivity (Wildman–Crippen MR) is 120 cm³/mol. The third kappa shape index (κ3) is 4.99. The monoisotopic (exact) mass is 431 g/mol. The molecular weight excluding hydrogens is 398 g/mol. The molecule has 4 atom stereocenters. The fourth-order valence-electron chi connectivity index (χ4n) is 4.75. The molecule has 2 aliphatic rings. The number of carbonyl (C=O) groups is 3. The van der Waals surface area contributed by atoms with Crippen LogP contribution in [-0.2, 0) is 14.4 Å². The zero-order valence-corrected chi connectivity index (χ0v) is 19.2. The number of likely N-dealkylation sites (tertiary alicyclic amines) is 1. The van der Waals surface area contributed by atoms with Gasteiger partial charge in [0, 0.05) is 31.0 Å². The standard InChI is InChI=1S/C23H33N3O3S/c1-15-8-7-10-19(16(15)2)26-13-17(12-22(26)28)23(29)25(3)14-21(27)24-18-9-5-6-11-20(18)30-4/h5-6,9,11,15-17,19H,7-8,10,12-14H2,1-4H3,(H,24,27)/t15-,16+,17+,19-/m0/s1.